The van der Waals surface area contributed by atoms with Crippen molar-refractivity contribution in [2.24, 2.45) is 0 Å². The highest BCUT2D eigenvalue weighted by atomic mass is 35.5. The largest absolute Gasteiger partial charge is 0.478 e. The van der Waals surface area contributed by atoms with Gasteiger partial charge in [0.25, 0.3) is 0 Å². The van der Waals surface area contributed by atoms with E-state index in [4.69, 9.17) is 16.7 Å². The van der Waals surface area contributed by atoms with Crippen LogP contribution in [0.25, 0.3) is 0 Å². The number of thioether (sulfide) groups is 1. The van der Waals surface area contributed by atoms with Gasteiger partial charge in [-0.3, -0.25) is 0 Å². The zero-order chi connectivity index (χ0) is 12.5. The van der Waals surface area contributed by atoms with E-state index < -0.39 is 5.97 Å². The van der Waals surface area contributed by atoms with Gasteiger partial charge in [-0.25, -0.2) is 9.78 Å². The molecular weight excluding hydrogens is 260 g/mol. The van der Waals surface area contributed by atoms with Crippen LogP contribution in [0, 0.1) is 0 Å². The van der Waals surface area contributed by atoms with Gasteiger partial charge in [0, 0.05) is 11.3 Å². The van der Waals surface area contributed by atoms with Crippen LogP contribution in [0.3, 0.4) is 0 Å². The molecule has 0 amide bonds. The minimum absolute atomic E-state index is 0.154. The lowest BCUT2D eigenvalue weighted by atomic mass is 10.2. The average Bonchev–Trinajstić information content (AvgIpc) is 3.06. The lowest BCUT2D eigenvalue weighted by molar-refractivity contribution is 0.0697. The predicted molar refractivity (Wildman–Crippen MR) is 70.2 cm³/mol. The molecule has 1 heterocycles. The molecule has 92 valence electrons. The molecule has 6 heteroatoms. The number of halogens is 1. The Morgan fingerprint density at radius 3 is 2.88 bits per heavy atom. The molecule has 2 N–H and O–H groups in total. The van der Waals surface area contributed by atoms with Crippen molar-refractivity contribution in [3.63, 3.8) is 0 Å². The molecule has 1 aromatic heterocycles. The first kappa shape index (κ1) is 12.5. The molecule has 0 bridgehead atoms. The van der Waals surface area contributed by atoms with Crippen molar-refractivity contribution in [3.8, 4) is 0 Å². The third-order valence-corrected chi connectivity index (χ3v) is 4.49. The molecule has 0 aliphatic heterocycles. The average molecular weight is 273 g/mol. The van der Waals surface area contributed by atoms with E-state index in [1.54, 1.807) is 0 Å². The number of hydrogen-bond donors (Lipinski definition) is 2. The smallest absolute Gasteiger partial charge is 0.335 e. The normalized spacial score (nSPS) is 16.6. The minimum Gasteiger partial charge on any atom is -0.478 e. The van der Waals surface area contributed by atoms with Crippen molar-refractivity contribution < 1.29 is 9.90 Å². The summed E-state index contributed by atoms with van der Waals surface area (Å²) < 4.78 is 0.299. The Hall–Kier alpha value is -0.940. The third kappa shape index (κ3) is 3.04. The van der Waals surface area contributed by atoms with Crippen molar-refractivity contribution in [1.82, 2.24) is 4.98 Å². The van der Waals surface area contributed by atoms with Crippen molar-refractivity contribution in [2.45, 2.75) is 17.6 Å². The molecule has 1 aliphatic rings. The molecule has 0 unspecified atom stereocenters. The second-order valence-corrected chi connectivity index (χ2v) is 5.77. The molecule has 0 aromatic carbocycles. The van der Waals surface area contributed by atoms with E-state index in [-0.39, 0.29) is 10.7 Å². The summed E-state index contributed by atoms with van der Waals surface area (Å²) in [7, 11) is 0. The molecule has 1 aromatic rings. The van der Waals surface area contributed by atoms with Crippen LogP contribution in [0.2, 0.25) is 5.15 Å². The van der Waals surface area contributed by atoms with Crippen LogP contribution in [0.1, 0.15) is 23.2 Å². The molecule has 0 saturated heterocycles. The summed E-state index contributed by atoms with van der Waals surface area (Å²) in [5.74, 6) is -0.474. The number of nitrogens with zero attached hydrogens (tertiary/aromatic N) is 1. The predicted octanol–water partition coefficient (Wildman–Crippen LogP) is 2.74. The first-order valence-electron chi connectivity index (χ1n) is 5.25. The first-order chi connectivity index (χ1) is 8.04. The maximum atomic E-state index is 10.9. The van der Waals surface area contributed by atoms with Crippen LogP contribution in [0.4, 0.5) is 5.82 Å². The number of carboxylic acids is 1. The zero-order valence-corrected chi connectivity index (χ0v) is 10.9. The summed E-state index contributed by atoms with van der Waals surface area (Å²) in [6, 6.07) is 2.85. The Bertz CT molecular complexity index is 449. The number of aromatic carboxylic acids is 1. The molecule has 4 nitrogen and oxygen atoms in total. The molecule has 0 atom stereocenters. The standard InChI is InChI=1S/C11H13ClN2O2S/c1-17-11(2-3-11)6-13-9-5-7(10(15)16)4-8(12)14-9/h4-5H,2-3,6H2,1H3,(H,13,14)(H,15,16). The molecule has 0 spiro atoms. The van der Waals surface area contributed by atoms with Gasteiger partial charge in [-0.15, -0.1) is 0 Å². The number of pyridine rings is 1. The highest BCUT2D eigenvalue weighted by molar-refractivity contribution is 8.00. The van der Waals surface area contributed by atoms with Gasteiger partial charge >= 0.3 is 5.97 Å². The van der Waals surface area contributed by atoms with Gasteiger partial charge < -0.3 is 10.4 Å². The van der Waals surface area contributed by atoms with Crippen LogP contribution in [-0.4, -0.2) is 33.6 Å². The number of carboxylic acid groups (broad SMARTS) is 1. The Morgan fingerprint density at radius 2 is 2.35 bits per heavy atom. The molecular formula is C11H13ClN2O2S. The van der Waals surface area contributed by atoms with E-state index in [1.165, 1.54) is 25.0 Å². The Kier molecular flexibility index (Phi) is 3.49. The van der Waals surface area contributed by atoms with Gasteiger partial charge in [0.15, 0.2) is 0 Å². The van der Waals surface area contributed by atoms with Crippen molar-refractivity contribution >= 4 is 35.1 Å². The second kappa shape index (κ2) is 4.74. The number of rotatable bonds is 5. The van der Waals surface area contributed by atoms with Crippen LogP contribution in [-0.2, 0) is 0 Å². The molecule has 1 fully saturated rings. The van der Waals surface area contributed by atoms with E-state index in [9.17, 15) is 4.79 Å². The van der Waals surface area contributed by atoms with E-state index >= 15 is 0 Å². The van der Waals surface area contributed by atoms with Crippen LogP contribution in [0.5, 0.6) is 0 Å². The highest BCUT2D eigenvalue weighted by Crippen LogP contribution is 2.46. The summed E-state index contributed by atoms with van der Waals surface area (Å²) in [5, 5.41) is 12.3. The summed E-state index contributed by atoms with van der Waals surface area (Å²) in [6.45, 7) is 0.792. The maximum Gasteiger partial charge on any atom is 0.335 e. The van der Waals surface area contributed by atoms with Gasteiger partial charge in [-0.05, 0) is 31.2 Å². The lowest BCUT2D eigenvalue weighted by Crippen LogP contribution is -2.18. The van der Waals surface area contributed by atoms with Gasteiger partial charge in [0.2, 0.25) is 0 Å². The second-order valence-electron chi connectivity index (χ2n) is 4.11. The molecule has 2 rings (SSSR count). The Morgan fingerprint density at radius 1 is 1.65 bits per heavy atom. The lowest BCUT2D eigenvalue weighted by Gasteiger charge is -2.13. The van der Waals surface area contributed by atoms with Crippen LogP contribution >= 0.6 is 23.4 Å². The fourth-order valence-electron chi connectivity index (χ4n) is 1.56. The molecule has 1 saturated carbocycles. The van der Waals surface area contributed by atoms with Gasteiger partial charge in [-0.1, -0.05) is 11.6 Å². The molecule has 0 radical (unpaired) electrons. The van der Waals surface area contributed by atoms with Gasteiger partial charge in [-0.2, -0.15) is 11.8 Å². The van der Waals surface area contributed by atoms with Crippen molar-refractivity contribution in [1.29, 1.82) is 0 Å². The number of nitrogens with one attached hydrogen (secondary N) is 1. The first-order valence-corrected chi connectivity index (χ1v) is 6.85. The van der Waals surface area contributed by atoms with E-state index in [0.29, 0.717) is 10.6 Å². The summed E-state index contributed by atoms with van der Waals surface area (Å²) in [4.78, 5) is 14.9. The number of carbonyl (C=O) groups is 1. The van der Waals surface area contributed by atoms with Crippen molar-refractivity contribution in [3.05, 3.63) is 22.8 Å². The summed E-state index contributed by atoms with van der Waals surface area (Å²) in [5.41, 5.74) is 0.154. The quantitative estimate of drug-likeness (QED) is 0.807. The molecule has 17 heavy (non-hydrogen) atoms. The van der Waals surface area contributed by atoms with Crippen molar-refractivity contribution in [2.75, 3.05) is 18.1 Å². The number of hydrogen-bond acceptors (Lipinski definition) is 4. The number of anilines is 1. The summed E-state index contributed by atoms with van der Waals surface area (Å²) >= 11 is 7.61. The van der Waals surface area contributed by atoms with Gasteiger partial charge in [0.1, 0.15) is 11.0 Å². The molecule has 1 aliphatic carbocycles. The van der Waals surface area contributed by atoms with E-state index in [2.05, 4.69) is 16.6 Å². The van der Waals surface area contributed by atoms with E-state index in [1.807, 2.05) is 11.8 Å². The topological polar surface area (TPSA) is 62.2 Å². The number of aromatic nitrogens is 1. The Labute approximate surface area is 109 Å². The fraction of sp³-hybridized carbons (Fsp3) is 0.455. The third-order valence-electron chi connectivity index (χ3n) is 2.87. The fourth-order valence-corrected chi connectivity index (χ4v) is 2.49. The van der Waals surface area contributed by atoms with Crippen LogP contribution in [0.15, 0.2) is 12.1 Å². The SMILES string of the molecule is CSC1(CNc2cc(C(=O)O)cc(Cl)n2)CC1. The Balaban J connectivity index is 2.07. The highest BCUT2D eigenvalue weighted by Gasteiger charge is 2.41. The van der Waals surface area contributed by atoms with Gasteiger partial charge in [0.05, 0.1) is 5.56 Å². The summed E-state index contributed by atoms with van der Waals surface area (Å²) in [6.07, 6.45) is 4.46. The van der Waals surface area contributed by atoms with Crippen LogP contribution < -0.4 is 5.32 Å². The minimum atomic E-state index is -0.997. The zero-order valence-electron chi connectivity index (χ0n) is 9.36. The monoisotopic (exact) mass is 272 g/mol. The van der Waals surface area contributed by atoms with E-state index in [0.717, 1.165) is 6.54 Å². The maximum absolute atomic E-state index is 10.9.